The molecule has 0 spiro atoms. The molecule has 25 heteroatoms. The van der Waals surface area contributed by atoms with Crippen LogP contribution in [0, 0.1) is 10.8 Å². The molecule has 6 aliphatic rings. The highest BCUT2D eigenvalue weighted by atomic mass is 16.7. The fraction of sp³-hybridized carbons (Fsp3) is 0.793. The first-order chi connectivity index (χ1) is 38.5. The Morgan fingerprint density at radius 2 is 0.988 bits per heavy atom. The lowest BCUT2D eigenvalue weighted by Crippen LogP contribution is -2.59. The molecule has 0 unspecified atom stereocenters. The molecule has 6 atom stereocenters. The molecule has 0 saturated carbocycles. The molecule has 6 fully saturated rings. The van der Waals surface area contributed by atoms with Gasteiger partial charge in [-0.2, -0.15) is 0 Å². The van der Waals surface area contributed by atoms with Crippen LogP contribution in [-0.4, -0.2) is 201 Å². The smallest absolute Gasteiger partial charge is 0.457 e. The Bertz CT molecular complexity index is 2370. The number of hydrogen-bond acceptors (Lipinski definition) is 19. The number of hydrogen-bond donors (Lipinski definition) is 6. The van der Waals surface area contributed by atoms with E-state index in [9.17, 15) is 33.9 Å². The Morgan fingerprint density at radius 3 is 1.35 bits per heavy atom. The van der Waals surface area contributed by atoms with Crippen LogP contribution in [0.15, 0.2) is 30.3 Å². The van der Waals surface area contributed by atoms with Crippen molar-refractivity contribution in [3.63, 3.8) is 0 Å². The second-order valence-electron chi connectivity index (χ2n) is 26.8. The van der Waals surface area contributed by atoms with Crippen LogP contribution in [0.2, 0.25) is 12.6 Å². The standard InChI is InChI=1S/C32H50BN3O8.C25H44BN3O8.CH4O/c1-28(2,3)42-27(39)35-24(20-41-19-23-13-10-9-11-14-23)25(37)36-21-31(16-18-34-32(31,22-36)26(38)40-8)15-12-17-33-43-29(4,5)30(6,7)44-33;1-21(2,3)35-20(33)28-17(14-30)18(31)29-15-24(11-13-27-25(24,16-29)19(32)34-8)10-9-12-26-36-22(4,5)23(6,7)37-26;1-2/h9-11,13-14,24,34H,12,15-22H2,1-8H3,(H,35,39);17,27,30H,9-16H2,1-8H3,(H,28,33);2H,1H3/t24-,31+,32+;17-,24+,25+;/m00./s1. The summed E-state index contributed by atoms with van der Waals surface area (Å²) < 4.78 is 51.8. The summed E-state index contributed by atoms with van der Waals surface area (Å²) in [6.07, 6.45) is 3.95. The van der Waals surface area contributed by atoms with Crippen LogP contribution in [0.3, 0.4) is 0 Å². The normalized spacial score (nSPS) is 27.0. The fourth-order valence-electron chi connectivity index (χ4n) is 12.3. The van der Waals surface area contributed by atoms with E-state index in [0.717, 1.165) is 25.5 Å². The van der Waals surface area contributed by atoms with E-state index in [1.165, 1.54) is 19.1 Å². The van der Waals surface area contributed by atoms with Crippen molar-refractivity contribution in [2.24, 2.45) is 10.8 Å². The van der Waals surface area contributed by atoms with Gasteiger partial charge in [-0.3, -0.25) is 20.2 Å². The molecule has 4 amide bonds. The SMILES string of the molecule is CO.COC(=O)[C@]12CN(C(=O)[C@H](CO)NC(=O)OC(C)(C)C)C[C@@]1(CCCB1OC(C)(C)C(C)(C)O1)CCN2.COC(=O)[C@]12CN(C(=O)[C@H](COCc3ccccc3)NC(=O)OC(C)(C)C)C[C@@]1(CCCB1OC(C)(C)C(C)(C)O1)CCN2. The first-order valence-electron chi connectivity index (χ1n) is 29.2. The van der Waals surface area contributed by atoms with Gasteiger partial charge in [-0.25, -0.2) is 19.2 Å². The number of likely N-dealkylation sites (tertiary alicyclic amines) is 2. The van der Waals surface area contributed by atoms with Crippen LogP contribution < -0.4 is 21.3 Å². The van der Waals surface area contributed by atoms with Gasteiger partial charge in [0.25, 0.3) is 0 Å². The Labute approximate surface area is 492 Å². The number of fused-ring (bicyclic) bond motifs is 2. The number of amides is 4. The Morgan fingerprint density at radius 1 is 0.614 bits per heavy atom. The van der Waals surface area contributed by atoms with Gasteiger partial charge < -0.3 is 72.9 Å². The summed E-state index contributed by atoms with van der Waals surface area (Å²) in [4.78, 5) is 82.3. The molecule has 0 bridgehead atoms. The van der Waals surface area contributed by atoms with Gasteiger partial charge in [0.2, 0.25) is 11.8 Å². The number of carbonyl (C=O) groups excluding carboxylic acids is 6. The monoisotopic (exact) mass is 1170 g/mol. The van der Waals surface area contributed by atoms with Crippen molar-refractivity contribution in [1.82, 2.24) is 31.1 Å². The van der Waals surface area contributed by atoms with Crippen molar-refractivity contribution in [1.29, 1.82) is 0 Å². The number of benzene rings is 1. The van der Waals surface area contributed by atoms with Gasteiger partial charge in [0, 0.05) is 31.0 Å². The Hall–Kier alpha value is -4.59. The predicted octanol–water partition coefficient (Wildman–Crippen LogP) is 4.79. The average molecular weight is 1170 g/mol. The molecule has 6 N–H and O–H groups in total. The summed E-state index contributed by atoms with van der Waals surface area (Å²) in [6, 6.07) is 7.40. The minimum atomic E-state index is -1.19. The second-order valence-corrected chi connectivity index (χ2v) is 26.8. The number of aliphatic hydroxyl groups is 2. The Balaban J connectivity index is 0.000000299. The number of nitrogens with zero attached hydrogens (tertiary/aromatic N) is 2. The van der Waals surface area contributed by atoms with Crippen LogP contribution in [0.25, 0.3) is 0 Å². The fourth-order valence-corrected chi connectivity index (χ4v) is 12.3. The largest absolute Gasteiger partial charge is 0.468 e. The summed E-state index contributed by atoms with van der Waals surface area (Å²) in [6.45, 7) is 28.3. The van der Waals surface area contributed by atoms with Gasteiger partial charge in [-0.1, -0.05) is 43.2 Å². The molecule has 6 heterocycles. The van der Waals surface area contributed by atoms with E-state index in [-0.39, 0.29) is 46.4 Å². The summed E-state index contributed by atoms with van der Waals surface area (Å²) in [5.41, 5.74) is -5.48. The number of methoxy groups -OCH3 is 2. The molecule has 1 aromatic rings. The second kappa shape index (κ2) is 27.0. The van der Waals surface area contributed by atoms with Crippen molar-refractivity contribution in [3.05, 3.63) is 35.9 Å². The van der Waals surface area contributed by atoms with Gasteiger partial charge >= 0.3 is 38.4 Å². The molecule has 83 heavy (non-hydrogen) atoms. The number of alkyl carbamates (subject to hydrolysis) is 2. The molecule has 23 nitrogen and oxygen atoms in total. The highest BCUT2D eigenvalue weighted by Crippen LogP contribution is 2.53. The maximum atomic E-state index is 14.1. The van der Waals surface area contributed by atoms with Gasteiger partial charge in [0.1, 0.15) is 34.4 Å². The summed E-state index contributed by atoms with van der Waals surface area (Å²) in [5, 5.41) is 28.8. The van der Waals surface area contributed by atoms with Gasteiger partial charge in [-0.05, 0) is 154 Å². The molecule has 0 aliphatic carbocycles. The summed E-state index contributed by atoms with van der Waals surface area (Å²) in [7, 11) is 3.03. The van der Waals surface area contributed by atoms with E-state index in [1.54, 1.807) is 46.4 Å². The predicted molar refractivity (Wildman–Crippen MR) is 311 cm³/mol. The molecule has 0 radical (unpaired) electrons. The first-order valence-corrected chi connectivity index (χ1v) is 29.2. The van der Waals surface area contributed by atoms with E-state index in [4.69, 9.17) is 47.4 Å². The number of nitrogens with one attached hydrogen (secondary N) is 4. The van der Waals surface area contributed by atoms with Crippen LogP contribution >= 0.6 is 0 Å². The van der Waals surface area contributed by atoms with Crippen LogP contribution in [0.5, 0.6) is 0 Å². The zero-order valence-corrected chi connectivity index (χ0v) is 52.6. The van der Waals surface area contributed by atoms with E-state index < -0.39 is 104 Å². The number of carbonyl (C=O) groups is 6. The van der Waals surface area contributed by atoms with Gasteiger partial charge in [0.15, 0.2) is 0 Å². The van der Waals surface area contributed by atoms with Crippen molar-refractivity contribution in [2.75, 3.05) is 73.8 Å². The number of rotatable bonds is 19. The molecule has 1 aromatic carbocycles. The zero-order chi connectivity index (χ0) is 62.3. The van der Waals surface area contributed by atoms with Gasteiger partial charge in [-0.15, -0.1) is 0 Å². The maximum Gasteiger partial charge on any atom is 0.457 e. The van der Waals surface area contributed by atoms with Gasteiger partial charge in [0.05, 0.1) is 69.5 Å². The third kappa shape index (κ3) is 15.7. The molecule has 6 saturated heterocycles. The minimum absolute atomic E-state index is 0.0585. The van der Waals surface area contributed by atoms with E-state index in [2.05, 4.69) is 21.3 Å². The number of esters is 2. The molecule has 6 aliphatic heterocycles. The molecule has 7 rings (SSSR count). The van der Waals surface area contributed by atoms with E-state index in [0.29, 0.717) is 64.5 Å². The molecular weight excluding hydrogens is 1070 g/mol. The van der Waals surface area contributed by atoms with Crippen molar-refractivity contribution in [3.8, 4) is 0 Å². The van der Waals surface area contributed by atoms with Crippen molar-refractivity contribution < 1.29 is 81.3 Å². The van der Waals surface area contributed by atoms with E-state index >= 15 is 0 Å². The topological polar surface area (TPSA) is 281 Å². The number of ether oxygens (including phenoxy) is 5. The maximum absolute atomic E-state index is 14.1. The first kappa shape index (κ1) is 69.2. The lowest BCUT2D eigenvalue weighted by Gasteiger charge is -2.36. The molecule has 468 valence electrons. The summed E-state index contributed by atoms with van der Waals surface area (Å²) in [5.74, 6) is -1.62. The van der Waals surface area contributed by atoms with Crippen LogP contribution in [0.1, 0.15) is 141 Å². The average Bonchev–Trinajstić information content (AvgIpc) is 2.58. The lowest BCUT2D eigenvalue weighted by molar-refractivity contribution is -0.152. The van der Waals surface area contributed by atoms with Crippen LogP contribution in [0.4, 0.5) is 9.59 Å². The van der Waals surface area contributed by atoms with Crippen molar-refractivity contribution >= 4 is 50.2 Å². The van der Waals surface area contributed by atoms with Crippen LogP contribution in [-0.2, 0) is 68.1 Å². The highest BCUT2D eigenvalue weighted by Gasteiger charge is 2.68. The molecule has 0 aromatic heterocycles. The van der Waals surface area contributed by atoms with Crippen molar-refractivity contribution in [2.45, 2.75) is 211 Å². The third-order valence-corrected chi connectivity index (χ3v) is 17.8. The quantitative estimate of drug-likeness (QED) is 0.0617. The van der Waals surface area contributed by atoms with E-state index in [1.807, 2.05) is 85.7 Å². The number of aliphatic hydroxyl groups excluding tert-OH is 2. The zero-order valence-electron chi connectivity index (χ0n) is 52.6. The minimum Gasteiger partial charge on any atom is -0.468 e. The lowest BCUT2D eigenvalue weighted by atomic mass is 9.67. The highest BCUT2D eigenvalue weighted by molar-refractivity contribution is 6.45. The third-order valence-electron chi connectivity index (χ3n) is 17.8. The Kier molecular flexibility index (Phi) is 22.5. The molecular formula is C58H98B2N6O17. The summed E-state index contributed by atoms with van der Waals surface area (Å²) >= 11 is 0.